The number of carbonyl (C=O) groups is 1. The number of hydrogen-bond donors (Lipinski definition) is 0. The number of unbranched alkanes of at least 4 members (excludes halogenated alkanes) is 7. The van der Waals surface area contributed by atoms with E-state index in [0.717, 1.165) is 32.1 Å². The van der Waals surface area contributed by atoms with Crippen LogP contribution >= 0.6 is 0 Å². The third-order valence-electron chi connectivity index (χ3n) is 4.83. The van der Waals surface area contributed by atoms with E-state index < -0.39 is 8.32 Å². The summed E-state index contributed by atoms with van der Waals surface area (Å²) in [5.41, 5.74) is 0. The summed E-state index contributed by atoms with van der Waals surface area (Å²) in [6, 6.07) is 0. The first-order chi connectivity index (χ1) is 13.3. The topological polar surface area (TPSA) is 44.8 Å². The van der Waals surface area contributed by atoms with Crippen molar-refractivity contribution < 1.29 is 18.7 Å². The molecule has 0 aromatic heterocycles. The molecule has 0 spiro atoms. The molecule has 0 rings (SSSR count). The average Bonchev–Trinajstić information content (AvgIpc) is 2.64. The maximum Gasteiger partial charge on any atom is 0.305 e. The number of esters is 1. The zero-order chi connectivity index (χ0) is 21.3. The van der Waals surface area contributed by atoms with Crippen LogP contribution in [0.5, 0.6) is 0 Å². The highest BCUT2D eigenvalue weighted by molar-refractivity contribution is 6.69. The first-order valence-electron chi connectivity index (χ1n) is 11.3. The zero-order valence-corrected chi connectivity index (χ0v) is 20.4. The van der Waals surface area contributed by atoms with Crippen LogP contribution < -0.4 is 0 Å². The maximum atomic E-state index is 11.0. The summed E-state index contributed by atoms with van der Waals surface area (Å²) >= 11 is 0. The molecule has 0 aliphatic rings. The van der Waals surface area contributed by atoms with Gasteiger partial charge in [-0.15, -0.1) is 0 Å². The van der Waals surface area contributed by atoms with Crippen molar-refractivity contribution in [1.82, 2.24) is 0 Å². The van der Waals surface area contributed by atoms with Gasteiger partial charge in [0.1, 0.15) is 0 Å². The van der Waals surface area contributed by atoms with Crippen molar-refractivity contribution in [2.75, 3.05) is 14.2 Å². The Bertz CT molecular complexity index is 404. The van der Waals surface area contributed by atoms with Gasteiger partial charge in [0.2, 0.25) is 0 Å². The molecule has 0 aromatic carbocycles. The Balaban J connectivity index is 4.10. The third-order valence-corrected chi connectivity index (χ3v) is 5.84. The molecule has 0 N–H and O–H groups in total. The Labute approximate surface area is 175 Å². The van der Waals surface area contributed by atoms with Gasteiger partial charge in [0.15, 0.2) is 8.32 Å². The van der Waals surface area contributed by atoms with E-state index in [-0.39, 0.29) is 18.2 Å². The molecule has 2 atom stereocenters. The predicted molar refractivity (Wildman–Crippen MR) is 121 cm³/mol. The standard InChI is InChI=1S/C23H46O4Si/c1-7-8-15-19-22(27-28(4,5)6)21(25-2)18-16-13-11-9-10-12-14-17-20-23(24)26-3/h13,16,21-22H,7-12,14-15,17-20H2,1-6H3/b16-13-/t21-,22-/m0/s1. The van der Waals surface area contributed by atoms with Gasteiger partial charge >= 0.3 is 5.97 Å². The quantitative estimate of drug-likeness (QED) is 0.109. The zero-order valence-electron chi connectivity index (χ0n) is 19.4. The van der Waals surface area contributed by atoms with Crippen molar-refractivity contribution in [3.63, 3.8) is 0 Å². The van der Waals surface area contributed by atoms with Crippen LogP contribution in [0.4, 0.5) is 0 Å². The minimum absolute atomic E-state index is 0.0956. The molecule has 28 heavy (non-hydrogen) atoms. The molecule has 5 heteroatoms. The largest absolute Gasteiger partial charge is 0.469 e. The summed E-state index contributed by atoms with van der Waals surface area (Å²) in [6.07, 6.45) is 18.0. The van der Waals surface area contributed by atoms with Gasteiger partial charge in [-0.05, 0) is 51.7 Å². The second-order valence-electron chi connectivity index (χ2n) is 8.63. The molecule has 0 radical (unpaired) electrons. The highest BCUT2D eigenvalue weighted by Crippen LogP contribution is 2.20. The minimum Gasteiger partial charge on any atom is -0.469 e. The fraction of sp³-hybridized carbons (Fsp3) is 0.870. The van der Waals surface area contributed by atoms with Gasteiger partial charge in [-0.2, -0.15) is 0 Å². The molecule has 0 aliphatic carbocycles. The summed E-state index contributed by atoms with van der Waals surface area (Å²) in [4.78, 5) is 11.0. The number of methoxy groups -OCH3 is 2. The third kappa shape index (κ3) is 16.3. The Morgan fingerprint density at radius 2 is 1.57 bits per heavy atom. The molecule has 0 heterocycles. The molecular formula is C23H46O4Si. The number of carbonyl (C=O) groups excluding carboxylic acids is 1. The van der Waals surface area contributed by atoms with Crippen LogP contribution in [-0.2, 0) is 18.7 Å². The summed E-state index contributed by atoms with van der Waals surface area (Å²) < 4.78 is 16.9. The molecule has 0 unspecified atom stereocenters. The smallest absolute Gasteiger partial charge is 0.305 e. The molecule has 0 bridgehead atoms. The van der Waals surface area contributed by atoms with E-state index in [2.05, 4.69) is 43.5 Å². The van der Waals surface area contributed by atoms with Crippen LogP contribution in [0, 0.1) is 0 Å². The molecule has 0 saturated carbocycles. The molecule has 0 aromatic rings. The lowest BCUT2D eigenvalue weighted by Gasteiger charge is -2.31. The summed E-state index contributed by atoms with van der Waals surface area (Å²) in [6.45, 7) is 9.01. The number of rotatable bonds is 18. The van der Waals surface area contributed by atoms with E-state index in [9.17, 15) is 4.79 Å². The van der Waals surface area contributed by atoms with Gasteiger partial charge in [0.05, 0.1) is 19.3 Å². The fourth-order valence-corrected chi connectivity index (χ4v) is 4.46. The Morgan fingerprint density at radius 1 is 0.893 bits per heavy atom. The monoisotopic (exact) mass is 414 g/mol. The lowest BCUT2D eigenvalue weighted by Crippen LogP contribution is -2.39. The highest BCUT2D eigenvalue weighted by atomic mass is 28.4. The maximum absolute atomic E-state index is 11.0. The van der Waals surface area contributed by atoms with Crippen molar-refractivity contribution in [2.45, 2.75) is 116 Å². The first kappa shape index (κ1) is 27.3. The number of ether oxygens (including phenoxy) is 2. The van der Waals surface area contributed by atoms with Crippen molar-refractivity contribution in [3.05, 3.63) is 12.2 Å². The molecule has 4 nitrogen and oxygen atoms in total. The second-order valence-corrected chi connectivity index (χ2v) is 13.1. The van der Waals surface area contributed by atoms with Crippen LogP contribution in [0.1, 0.15) is 84.0 Å². The van der Waals surface area contributed by atoms with Crippen LogP contribution in [0.3, 0.4) is 0 Å². The van der Waals surface area contributed by atoms with E-state index in [4.69, 9.17) is 9.16 Å². The van der Waals surface area contributed by atoms with Crippen molar-refractivity contribution in [2.24, 2.45) is 0 Å². The van der Waals surface area contributed by atoms with E-state index in [1.807, 2.05) is 7.11 Å². The summed E-state index contributed by atoms with van der Waals surface area (Å²) in [7, 11) is 1.69. The summed E-state index contributed by atoms with van der Waals surface area (Å²) in [5, 5.41) is 0. The molecule has 0 amide bonds. The Morgan fingerprint density at radius 3 is 2.18 bits per heavy atom. The van der Waals surface area contributed by atoms with E-state index >= 15 is 0 Å². The van der Waals surface area contributed by atoms with E-state index in [0.29, 0.717) is 6.42 Å². The number of allylic oxidation sites excluding steroid dienone is 1. The lowest BCUT2D eigenvalue weighted by atomic mass is 10.0. The highest BCUT2D eigenvalue weighted by Gasteiger charge is 2.27. The SMILES string of the molecule is CCCCC[C@H](O[Si](C)(C)C)[C@H](C/C=C\CCCCCCCC(=O)OC)OC. The van der Waals surface area contributed by atoms with Crippen LogP contribution in [0.25, 0.3) is 0 Å². The lowest BCUT2D eigenvalue weighted by molar-refractivity contribution is -0.140. The summed E-state index contributed by atoms with van der Waals surface area (Å²) in [5.74, 6) is -0.0956. The second kappa shape index (κ2) is 17.2. The number of hydrogen-bond acceptors (Lipinski definition) is 4. The van der Waals surface area contributed by atoms with E-state index in [1.165, 1.54) is 45.6 Å². The average molecular weight is 415 g/mol. The van der Waals surface area contributed by atoms with Gasteiger partial charge in [-0.3, -0.25) is 4.79 Å². The predicted octanol–water partition coefficient (Wildman–Crippen LogP) is 6.65. The minimum atomic E-state index is -1.58. The van der Waals surface area contributed by atoms with Gasteiger partial charge < -0.3 is 13.9 Å². The Kier molecular flexibility index (Phi) is 16.8. The van der Waals surface area contributed by atoms with Crippen LogP contribution in [-0.4, -0.2) is 40.7 Å². The van der Waals surface area contributed by atoms with Gasteiger partial charge in [0.25, 0.3) is 0 Å². The fourth-order valence-electron chi connectivity index (χ4n) is 3.28. The Hall–Kier alpha value is -0.653. The van der Waals surface area contributed by atoms with Crippen molar-refractivity contribution >= 4 is 14.3 Å². The molecular weight excluding hydrogens is 368 g/mol. The van der Waals surface area contributed by atoms with E-state index in [1.54, 1.807) is 0 Å². The van der Waals surface area contributed by atoms with Crippen LogP contribution in [0.15, 0.2) is 12.2 Å². The normalized spacial score (nSPS) is 14.4. The molecule has 0 saturated heterocycles. The van der Waals surface area contributed by atoms with Gasteiger partial charge in [-0.1, -0.05) is 57.6 Å². The van der Waals surface area contributed by atoms with Crippen LogP contribution in [0.2, 0.25) is 19.6 Å². The van der Waals surface area contributed by atoms with Crippen molar-refractivity contribution in [3.8, 4) is 0 Å². The van der Waals surface area contributed by atoms with Crippen molar-refractivity contribution in [1.29, 1.82) is 0 Å². The van der Waals surface area contributed by atoms with Gasteiger partial charge in [-0.25, -0.2) is 0 Å². The first-order valence-corrected chi connectivity index (χ1v) is 14.7. The van der Waals surface area contributed by atoms with Gasteiger partial charge in [0, 0.05) is 13.5 Å². The molecule has 0 aliphatic heterocycles. The molecule has 0 fully saturated rings. The molecule has 166 valence electrons.